The van der Waals surface area contributed by atoms with E-state index in [0.29, 0.717) is 17.1 Å². The zero-order valence-corrected chi connectivity index (χ0v) is 15.6. The molecule has 140 valence electrons. The van der Waals surface area contributed by atoms with Crippen molar-refractivity contribution >= 4 is 52.7 Å². The summed E-state index contributed by atoms with van der Waals surface area (Å²) in [4.78, 5) is 48.4. The van der Waals surface area contributed by atoms with E-state index in [1.165, 1.54) is 18.2 Å². The van der Waals surface area contributed by atoms with Gasteiger partial charge in [0.15, 0.2) is 6.61 Å². The highest BCUT2D eigenvalue weighted by molar-refractivity contribution is 6.42. The Balaban J connectivity index is 1.85. The molecule has 1 aliphatic rings. The summed E-state index contributed by atoms with van der Waals surface area (Å²) in [6.07, 6.45) is 0.384. The monoisotopic (exact) mass is 401 g/mol. The van der Waals surface area contributed by atoms with Crippen molar-refractivity contribution in [1.29, 1.82) is 0 Å². The van der Waals surface area contributed by atoms with E-state index in [1.54, 1.807) is 13.8 Å². The summed E-state index contributed by atoms with van der Waals surface area (Å²) in [6, 6.07) is 3.82. The number of esters is 1. The van der Waals surface area contributed by atoms with E-state index in [9.17, 15) is 19.2 Å². The van der Waals surface area contributed by atoms with E-state index < -0.39 is 42.5 Å². The number of amides is 4. The summed E-state index contributed by atoms with van der Waals surface area (Å²) < 4.78 is 4.81. The highest BCUT2D eigenvalue weighted by atomic mass is 35.5. The lowest BCUT2D eigenvalue weighted by molar-refractivity contribution is -0.150. The smallest absolute Gasteiger partial charge is 0.326 e. The van der Waals surface area contributed by atoms with Crippen LogP contribution in [-0.4, -0.2) is 47.4 Å². The van der Waals surface area contributed by atoms with Crippen LogP contribution in [-0.2, 0) is 19.1 Å². The molecule has 0 saturated carbocycles. The second kappa shape index (κ2) is 7.92. The third kappa shape index (κ3) is 4.44. The zero-order valence-electron chi connectivity index (χ0n) is 14.1. The van der Waals surface area contributed by atoms with E-state index in [0.717, 1.165) is 4.90 Å². The molecule has 2 rings (SSSR count). The van der Waals surface area contributed by atoms with Gasteiger partial charge in [-0.05, 0) is 31.5 Å². The summed E-state index contributed by atoms with van der Waals surface area (Å²) in [5.41, 5.74) is -0.656. The number of carbonyl (C=O) groups excluding carboxylic acids is 4. The first-order chi connectivity index (χ1) is 12.2. The predicted octanol–water partition coefficient (Wildman–Crippen LogP) is 2.20. The number of nitrogens with one attached hydrogen (secondary N) is 2. The molecule has 1 fully saturated rings. The number of imide groups is 1. The van der Waals surface area contributed by atoms with Gasteiger partial charge in [0.1, 0.15) is 12.1 Å². The normalized spacial score (nSPS) is 19.3. The Hall–Kier alpha value is -2.32. The first-order valence-corrected chi connectivity index (χ1v) is 8.46. The Bertz CT molecular complexity index is 770. The molecular formula is C16H17Cl2N3O5. The molecule has 4 amide bonds. The van der Waals surface area contributed by atoms with Gasteiger partial charge in [-0.1, -0.05) is 30.1 Å². The molecule has 0 aromatic heterocycles. The summed E-state index contributed by atoms with van der Waals surface area (Å²) in [7, 11) is 0. The highest BCUT2D eigenvalue weighted by Crippen LogP contribution is 2.25. The maximum absolute atomic E-state index is 12.2. The van der Waals surface area contributed by atoms with Crippen LogP contribution in [0.15, 0.2) is 18.2 Å². The number of halogens is 2. The lowest BCUT2D eigenvalue weighted by Crippen LogP contribution is -2.43. The van der Waals surface area contributed by atoms with Gasteiger partial charge in [-0.2, -0.15) is 0 Å². The standard InChI is InChI=1S/C16H17Cl2N3O5/c1-3-16(2)14(24)21(15(25)20-16)7-13(23)26-8-12(22)19-9-4-5-10(17)11(18)6-9/h4-6H,3,7-8H2,1-2H3,(H,19,22)(H,20,25)/t16-/m1/s1. The fourth-order valence-electron chi connectivity index (χ4n) is 2.22. The molecule has 0 aliphatic carbocycles. The number of rotatable bonds is 6. The Labute approximate surface area is 159 Å². The average molecular weight is 402 g/mol. The molecule has 2 N–H and O–H groups in total. The minimum absolute atomic E-state index is 0.263. The number of nitrogens with zero attached hydrogens (tertiary/aromatic N) is 1. The van der Waals surface area contributed by atoms with Crippen molar-refractivity contribution in [2.24, 2.45) is 0 Å². The Kier molecular flexibility index (Phi) is 6.09. The van der Waals surface area contributed by atoms with Crippen molar-refractivity contribution in [3.63, 3.8) is 0 Å². The van der Waals surface area contributed by atoms with Gasteiger partial charge in [-0.15, -0.1) is 0 Å². The summed E-state index contributed by atoms with van der Waals surface area (Å²) >= 11 is 11.6. The lowest BCUT2D eigenvalue weighted by atomic mass is 9.99. The van der Waals surface area contributed by atoms with Crippen molar-refractivity contribution in [2.75, 3.05) is 18.5 Å². The number of urea groups is 1. The molecule has 0 spiro atoms. The van der Waals surface area contributed by atoms with Crippen LogP contribution in [0.1, 0.15) is 20.3 Å². The minimum Gasteiger partial charge on any atom is -0.454 e. The molecule has 0 unspecified atom stereocenters. The first-order valence-electron chi connectivity index (χ1n) is 7.71. The summed E-state index contributed by atoms with van der Waals surface area (Å²) in [5, 5.41) is 5.60. The Morgan fingerprint density at radius 3 is 2.54 bits per heavy atom. The molecule has 1 aromatic carbocycles. The number of ether oxygens (including phenoxy) is 1. The van der Waals surface area contributed by atoms with E-state index in [4.69, 9.17) is 27.9 Å². The fourth-order valence-corrected chi connectivity index (χ4v) is 2.52. The highest BCUT2D eigenvalue weighted by Gasteiger charge is 2.47. The van der Waals surface area contributed by atoms with Gasteiger partial charge in [0, 0.05) is 5.69 Å². The average Bonchev–Trinajstić information content (AvgIpc) is 2.80. The number of anilines is 1. The van der Waals surface area contributed by atoms with E-state index in [2.05, 4.69) is 10.6 Å². The van der Waals surface area contributed by atoms with Crippen molar-refractivity contribution < 1.29 is 23.9 Å². The quantitative estimate of drug-likeness (QED) is 0.561. The van der Waals surface area contributed by atoms with E-state index in [1.807, 2.05) is 0 Å². The number of carbonyl (C=O) groups is 4. The van der Waals surface area contributed by atoms with Gasteiger partial charge < -0.3 is 15.4 Å². The van der Waals surface area contributed by atoms with Crippen molar-refractivity contribution in [1.82, 2.24) is 10.2 Å². The van der Waals surface area contributed by atoms with Gasteiger partial charge in [0.2, 0.25) is 0 Å². The largest absolute Gasteiger partial charge is 0.454 e. The Morgan fingerprint density at radius 2 is 1.96 bits per heavy atom. The van der Waals surface area contributed by atoms with Crippen LogP contribution >= 0.6 is 23.2 Å². The maximum Gasteiger partial charge on any atom is 0.326 e. The lowest BCUT2D eigenvalue weighted by Gasteiger charge is -2.18. The minimum atomic E-state index is -1.04. The van der Waals surface area contributed by atoms with E-state index >= 15 is 0 Å². The number of benzene rings is 1. The molecular weight excluding hydrogens is 385 g/mol. The van der Waals surface area contributed by atoms with Gasteiger partial charge in [-0.3, -0.25) is 19.3 Å². The zero-order chi connectivity index (χ0) is 19.5. The molecule has 10 heteroatoms. The third-order valence-electron chi connectivity index (χ3n) is 3.91. The molecule has 1 aromatic rings. The van der Waals surface area contributed by atoms with Gasteiger partial charge in [-0.25, -0.2) is 4.79 Å². The van der Waals surface area contributed by atoms with Gasteiger partial charge >= 0.3 is 12.0 Å². The Morgan fingerprint density at radius 1 is 1.27 bits per heavy atom. The molecule has 0 radical (unpaired) electrons. The van der Waals surface area contributed by atoms with Crippen molar-refractivity contribution in [3.8, 4) is 0 Å². The molecule has 1 heterocycles. The number of hydrogen-bond acceptors (Lipinski definition) is 5. The molecule has 0 bridgehead atoms. The number of hydrogen-bond donors (Lipinski definition) is 2. The van der Waals surface area contributed by atoms with Crippen LogP contribution < -0.4 is 10.6 Å². The molecule has 1 aliphatic heterocycles. The van der Waals surface area contributed by atoms with Crippen LogP contribution in [0.4, 0.5) is 10.5 Å². The fraction of sp³-hybridized carbons (Fsp3) is 0.375. The summed E-state index contributed by atoms with van der Waals surface area (Å²) in [6.45, 7) is 2.17. The van der Waals surface area contributed by atoms with Gasteiger partial charge in [0.25, 0.3) is 11.8 Å². The van der Waals surface area contributed by atoms with Crippen LogP contribution in [0.2, 0.25) is 10.0 Å². The van der Waals surface area contributed by atoms with Crippen LogP contribution in [0.25, 0.3) is 0 Å². The van der Waals surface area contributed by atoms with Crippen LogP contribution in [0.3, 0.4) is 0 Å². The topological polar surface area (TPSA) is 105 Å². The van der Waals surface area contributed by atoms with Crippen molar-refractivity contribution in [3.05, 3.63) is 28.2 Å². The second-order valence-electron chi connectivity index (χ2n) is 5.84. The van der Waals surface area contributed by atoms with E-state index in [-0.39, 0.29) is 5.02 Å². The SMILES string of the molecule is CC[C@@]1(C)NC(=O)N(CC(=O)OCC(=O)Nc2ccc(Cl)c(Cl)c2)C1=O. The predicted molar refractivity (Wildman–Crippen MR) is 95.0 cm³/mol. The molecule has 26 heavy (non-hydrogen) atoms. The molecule has 1 saturated heterocycles. The summed E-state index contributed by atoms with van der Waals surface area (Å²) in [5.74, 6) is -1.99. The van der Waals surface area contributed by atoms with Crippen LogP contribution in [0.5, 0.6) is 0 Å². The van der Waals surface area contributed by atoms with Crippen LogP contribution in [0, 0.1) is 0 Å². The molecule has 1 atom stereocenters. The van der Waals surface area contributed by atoms with Crippen molar-refractivity contribution in [2.45, 2.75) is 25.8 Å². The third-order valence-corrected chi connectivity index (χ3v) is 4.65. The van der Waals surface area contributed by atoms with Gasteiger partial charge in [0.05, 0.1) is 10.0 Å². The first kappa shape index (κ1) is 20.0. The molecule has 8 nitrogen and oxygen atoms in total. The second-order valence-corrected chi connectivity index (χ2v) is 6.66. The maximum atomic E-state index is 12.2.